The maximum absolute atomic E-state index is 12.5. The molecule has 4 rings (SSSR count). The van der Waals surface area contributed by atoms with Crippen molar-refractivity contribution in [1.82, 2.24) is 20.2 Å². The zero-order chi connectivity index (χ0) is 21.1. The molecule has 2 N–H and O–H groups in total. The fourth-order valence-electron chi connectivity index (χ4n) is 4.31. The van der Waals surface area contributed by atoms with Gasteiger partial charge in [-0.1, -0.05) is 24.3 Å². The van der Waals surface area contributed by atoms with E-state index >= 15 is 0 Å². The van der Waals surface area contributed by atoms with Gasteiger partial charge in [0.05, 0.1) is 19.3 Å². The molecule has 0 unspecified atom stereocenters. The second-order valence-corrected chi connectivity index (χ2v) is 8.78. The van der Waals surface area contributed by atoms with E-state index < -0.39 is 6.10 Å². The number of aromatic nitrogens is 2. The van der Waals surface area contributed by atoms with Gasteiger partial charge >= 0.3 is 0 Å². The first-order valence-corrected chi connectivity index (χ1v) is 10.6. The van der Waals surface area contributed by atoms with Crippen LogP contribution in [0.3, 0.4) is 0 Å². The molecule has 2 aliphatic rings. The van der Waals surface area contributed by atoms with Crippen LogP contribution in [0, 0.1) is 5.92 Å². The monoisotopic (exact) mass is 410 g/mol. The molecule has 1 fully saturated rings. The van der Waals surface area contributed by atoms with Crippen molar-refractivity contribution in [1.29, 1.82) is 0 Å². The number of rotatable bonds is 7. The predicted octanol–water partition coefficient (Wildman–Crippen LogP) is 1.55. The summed E-state index contributed by atoms with van der Waals surface area (Å²) in [6, 6.07) is 10.2. The summed E-state index contributed by atoms with van der Waals surface area (Å²) >= 11 is 0. The Morgan fingerprint density at radius 3 is 2.90 bits per heavy atom. The molecule has 1 saturated heterocycles. The van der Waals surface area contributed by atoms with E-state index in [0.29, 0.717) is 18.2 Å². The van der Waals surface area contributed by atoms with Gasteiger partial charge in [-0.05, 0) is 43.9 Å². The van der Waals surface area contributed by atoms with Crippen molar-refractivity contribution in [3.8, 4) is 0 Å². The number of nitrogens with one attached hydrogen (secondary N) is 1. The molecule has 1 atom stereocenters. The van der Waals surface area contributed by atoms with Gasteiger partial charge in [0.25, 0.3) is 5.91 Å². The Balaban J connectivity index is 1.31. The van der Waals surface area contributed by atoms with Crippen LogP contribution in [0.1, 0.15) is 41.2 Å². The van der Waals surface area contributed by atoms with Gasteiger partial charge in [-0.2, -0.15) is 0 Å². The van der Waals surface area contributed by atoms with E-state index in [1.807, 2.05) is 0 Å². The van der Waals surface area contributed by atoms with E-state index in [0.717, 1.165) is 38.3 Å². The number of carbonyl (C=O) groups is 1. The minimum absolute atomic E-state index is 0.160. The lowest BCUT2D eigenvalue weighted by molar-refractivity contribution is -0.0316. The lowest BCUT2D eigenvalue weighted by Crippen LogP contribution is -2.51. The maximum Gasteiger partial charge on any atom is 0.270 e. The van der Waals surface area contributed by atoms with Crippen molar-refractivity contribution >= 4 is 5.91 Å². The molecule has 160 valence electrons. The van der Waals surface area contributed by atoms with Gasteiger partial charge in [0.1, 0.15) is 12.0 Å². The van der Waals surface area contributed by atoms with Crippen LogP contribution in [0.4, 0.5) is 0 Å². The van der Waals surface area contributed by atoms with Crippen LogP contribution < -0.4 is 5.32 Å². The predicted molar refractivity (Wildman–Crippen MR) is 113 cm³/mol. The molecule has 0 saturated carbocycles. The summed E-state index contributed by atoms with van der Waals surface area (Å²) < 4.78 is 5.19. The number of hydrogen-bond acceptors (Lipinski definition) is 6. The SMILES string of the molecule is CC1(C)c2ccccc2CCN1C[C@@H](O)CNC(=O)c1cc(CC2COC2)ncn1. The zero-order valence-electron chi connectivity index (χ0n) is 17.7. The summed E-state index contributed by atoms with van der Waals surface area (Å²) in [5, 5.41) is 13.4. The highest BCUT2D eigenvalue weighted by Gasteiger charge is 2.35. The normalized spacial score (nSPS) is 19.6. The number of β-amino-alcohol motifs (C(OH)–C–C–N with tert-alkyl or cyclic N) is 1. The van der Waals surface area contributed by atoms with Gasteiger partial charge in [0.2, 0.25) is 0 Å². The first-order chi connectivity index (χ1) is 14.4. The van der Waals surface area contributed by atoms with Crippen molar-refractivity contribution < 1.29 is 14.6 Å². The van der Waals surface area contributed by atoms with E-state index in [2.05, 4.69) is 58.3 Å². The molecule has 0 spiro atoms. The molecule has 3 heterocycles. The van der Waals surface area contributed by atoms with E-state index in [1.165, 1.54) is 17.5 Å². The smallest absolute Gasteiger partial charge is 0.270 e. The molecule has 2 aliphatic heterocycles. The molecule has 2 aromatic rings. The number of carbonyl (C=O) groups excluding carboxylic acids is 1. The summed E-state index contributed by atoms with van der Waals surface area (Å²) in [6.07, 6.45) is 2.52. The third kappa shape index (κ3) is 4.53. The van der Waals surface area contributed by atoms with Crippen LogP contribution in [-0.4, -0.2) is 64.8 Å². The molecule has 7 heteroatoms. The fourth-order valence-corrected chi connectivity index (χ4v) is 4.31. The average Bonchev–Trinajstić information content (AvgIpc) is 2.71. The second-order valence-electron chi connectivity index (χ2n) is 8.78. The van der Waals surface area contributed by atoms with Crippen LogP contribution in [-0.2, 0) is 23.1 Å². The Morgan fingerprint density at radius 1 is 1.33 bits per heavy atom. The zero-order valence-corrected chi connectivity index (χ0v) is 17.7. The van der Waals surface area contributed by atoms with Gasteiger partial charge in [0.15, 0.2) is 0 Å². The molecule has 7 nitrogen and oxygen atoms in total. The van der Waals surface area contributed by atoms with Crippen molar-refractivity contribution in [2.75, 3.05) is 32.8 Å². The van der Waals surface area contributed by atoms with Crippen LogP contribution >= 0.6 is 0 Å². The van der Waals surface area contributed by atoms with Crippen LogP contribution in [0.15, 0.2) is 36.7 Å². The molecule has 0 bridgehead atoms. The molecular formula is C23H30N4O3. The van der Waals surface area contributed by atoms with Gasteiger partial charge in [-0.15, -0.1) is 0 Å². The number of amides is 1. The molecule has 0 radical (unpaired) electrons. The standard InChI is InChI=1S/C23H30N4O3/c1-23(2)20-6-4-3-5-17(20)7-8-27(23)12-19(28)11-24-22(29)21-10-18(25-15-26-21)9-16-13-30-14-16/h3-6,10,15-16,19,28H,7-9,11-14H2,1-2H3,(H,24,29)/t19-/m0/s1. The molecule has 30 heavy (non-hydrogen) atoms. The lowest BCUT2D eigenvalue weighted by atomic mass is 9.83. The number of aliphatic hydroxyl groups excluding tert-OH is 1. The number of benzene rings is 1. The van der Waals surface area contributed by atoms with Crippen molar-refractivity contribution in [2.24, 2.45) is 5.92 Å². The second kappa shape index (κ2) is 8.79. The third-order valence-electron chi connectivity index (χ3n) is 6.21. The Labute approximate surface area is 177 Å². The minimum atomic E-state index is -0.660. The van der Waals surface area contributed by atoms with E-state index in [4.69, 9.17) is 4.74 Å². The Bertz CT molecular complexity index is 898. The quantitative estimate of drug-likeness (QED) is 0.720. The first-order valence-electron chi connectivity index (χ1n) is 10.6. The molecule has 1 aromatic carbocycles. The Hall–Kier alpha value is -2.35. The molecule has 0 aliphatic carbocycles. The van der Waals surface area contributed by atoms with Crippen molar-refractivity contribution in [2.45, 2.75) is 38.3 Å². The number of fused-ring (bicyclic) bond motifs is 1. The minimum Gasteiger partial charge on any atom is -0.390 e. The Morgan fingerprint density at radius 2 is 2.13 bits per heavy atom. The van der Waals surface area contributed by atoms with Crippen LogP contribution in [0.25, 0.3) is 0 Å². The average molecular weight is 411 g/mol. The highest BCUT2D eigenvalue weighted by Crippen LogP contribution is 2.34. The number of ether oxygens (including phenoxy) is 1. The van der Waals surface area contributed by atoms with Gasteiger partial charge < -0.3 is 15.2 Å². The number of nitrogens with zero attached hydrogens (tertiary/aromatic N) is 3. The number of aliphatic hydroxyl groups is 1. The van der Waals surface area contributed by atoms with E-state index in [-0.39, 0.29) is 18.0 Å². The maximum atomic E-state index is 12.5. The summed E-state index contributed by atoms with van der Waals surface area (Å²) in [5.74, 6) is 0.182. The third-order valence-corrected chi connectivity index (χ3v) is 6.21. The first kappa shape index (κ1) is 20.9. The summed E-state index contributed by atoms with van der Waals surface area (Å²) in [4.78, 5) is 23.1. The molecule has 1 aromatic heterocycles. The highest BCUT2D eigenvalue weighted by atomic mass is 16.5. The summed E-state index contributed by atoms with van der Waals surface area (Å²) in [7, 11) is 0. The van der Waals surface area contributed by atoms with Crippen LogP contribution in [0.2, 0.25) is 0 Å². The summed E-state index contributed by atoms with van der Waals surface area (Å²) in [5.41, 5.74) is 3.69. The van der Waals surface area contributed by atoms with Crippen molar-refractivity contribution in [3.05, 3.63) is 59.2 Å². The van der Waals surface area contributed by atoms with Gasteiger partial charge in [-0.25, -0.2) is 9.97 Å². The number of hydrogen-bond donors (Lipinski definition) is 2. The van der Waals surface area contributed by atoms with E-state index in [1.54, 1.807) is 6.07 Å². The lowest BCUT2D eigenvalue weighted by Gasteiger charge is -2.44. The molecule has 1 amide bonds. The van der Waals surface area contributed by atoms with E-state index in [9.17, 15) is 9.90 Å². The fraction of sp³-hybridized carbons (Fsp3) is 0.522. The van der Waals surface area contributed by atoms with Gasteiger partial charge in [0, 0.05) is 36.8 Å². The largest absolute Gasteiger partial charge is 0.390 e. The van der Waals surface area contributed by atoms with Crippen LogP contribution in [0.5, 0.6) is 0 Å². The summed E-state index contributed by atoms with van der Waals surface area (Å²) in [6.45, 7) is 7.43. The molecular weight excluding hydrogens is 380 g/mol. The highest BCUT2D eigenvalue weighted by molar-refractivity contribution is 5.92. The topological polar surface area (TPSA) is 87.6 Å². The van der Waals surface area contributed by atoms with Crippen molar-refractivity contribution in [3.63, 3.8) is 0 Å². The van der Waals surface area contributed by atoms with Gasteiger partial charge in [-0.3, -0.25) is 9.69 Å². The Kier molecular flexibility index (Phi) is 6.13.